The van der Waals surface area contributed by atoms with Crippen LogP contribution in [0.2, 0.25) is 0 Å². The smallest absolute Gasteiger partial charge is 0.387 e. The van der Waals surface area contributed by atoms with E-state index >= 15 is 0 Å². The number of anilines is 1. The fraction of sp³-hybridized carbons (Fsp3) is 0.333. The van der Waals surface area contributed by atoms with Gasteiger partial charge in [0.05, 0.1) is 7.11 Å². The summed E-state index contributed by atoms with van der Waals surface area (Å²) in [5.41, 5.74) is 1.75. The van der Waals surface area contributed by atoms with Crippen molar-refractivity contribution in [2.45, 2.75) is 39.0 Å². The van der Waals surface area contributed by atoms with E-state index in [-0.39, 0.29) is 29.4 Å². The molecule has 0 unspecified atom stereocenters. The fourth-order valence-electron chi connectivity index (χ4n) is 3.05. The van der Waals surface area contributed by atoms with Crippen LogP contribution in [0.1, 0.15) is 35.7 Å². The first kappa shape index (κ1) is 20.6. The van der Waals surface area contributed by atoms with Crippen LogP contribution < -0.4 is 14.8 Å². The van der Waals surface area contributed by atoms with Crippen LogP contribution in [0, 0.1) is 0 Å². The maximum atomic E-state index is 13.1. The molecule has 0 saturated heterocycles. The monoisotopic (exact) mass is 404 g/mol. The largest absolute Gasteiger partial charge is 0.493 e. The molecule has 1 N–H and O–H groups in total. The Hall–Kier alpha value is -3.16. The van der Waals surface area contributed by atoms with Crippen molar-refractivity contribution in [2.75, 3.05) is 12.4 Å². The zero-order valence-corrected chi connectivity index (χ0v) is 16.2. The number of carbonyl (C=O) groups is 2. The van der Waals surface area contributed by atoms with E-state index in [1.807, 2.05) is 0 Å². The Bertz CT molecular complexity index is 900. The van der Waals surface area contributed by atoms with Crippen LogP contribution in [0.15, 0.2) is 42.5 Å². The molecule has 154 valence electrons. The summed E-state index contributed by atoms with van der Waals surface area (Å²) in [5, 5.41) is 2.67. The van der Waals surface area contributed by atoms with Gasteiger partial charge in [0.15, 0.2) is 11.5 Å². The lowest BCUT2D eigenvalue weighted by Crippen LogP contribution is -2.32. The number of nitrogens with one attached hydrogen (secondary N) is 1. The molecule has 1 fully saturated rings. The Morgan fingerprint density at radius 3 is 2.55 bits per heavy atom. The van der Waals surface area contributed by atoms with Gasteiger partial charge in [-0.15, -0.1) is 0 Å². The maximum absolute atomic E-state index is 13.1. The van der Waals surface area contributed by atoms with Crippen molar-refractivity contribution in [2.24, 2.45) is 0 Å². The van der Waals surface area contributed by atoms with Crippen LogP contribution >= 0.6 is 0 Å². The average molecular weight is 404 g/mol. The summed E-state index contributed by atoms with van der Waals surface area (Å²) < 4.78 is 34.6. The van der Waals surface area contributed by atoms with Gasteiger partial charge in [0.25, 0.3) is 5.91 Å². The third kappa shape index (κ3) is 5.43. The zero-order valence-electron chi connectivity index (χ0n) is 16.2. The van der Waals surface area contributed by atoms with Gasteiger partial charge in [0.2, 0.25) is 5.91 Å². The summed E-state index contributed by atoms with van der Waals surface area (Å²) in [6.07, 6.45) is 1.81. The molecule has 3 rings (SSSR count). The number of alkyl halides is 2. The molecule has 1 saturated carbocycles. The van der Waals surface area contributed by atoms with E-state index in [1.54, 1.807) is 41.3 Å². The molecule has 0 aliphatic heterocycles. The molecule has 6 nitrogen and oxygen atoms in total. The molecular weight excluding hydrogens is 382 g/mol. The number of hydrogen-bond donors (Lipinski definition) is 1. The average Bonchev–Trinajstić information content (AvgIpc) is 3.51. The Kier molecular flexibility index (Phi) is 6.31. The summed E-state index contributed by atoms with van der Waals surface area (Å²) in [5.74, 6) is -0.254. The maximum Gasteiger partial charge on any atom is 0.387 e. The van der Waals surface area contributed by atoms with Crippen molar-refractivity contribution >= 4 is 17.5 Å². The van der Waals surface area contributed by atoms with E-state index < -0.39 is 6.61 Å². The van der Waals surface area contributed by atoms with E-state index in [1.165, 1.54) is 20.1 Å². The highest BCUT2D eigenvalue weighted by molar-refractivity contribution is 5.97. The standard InChI is InChI=1S/C21H22F2N2O4/c1-13(26)24-16-5-3-4-15(11-16)20(27)25(17-7-8-17)12-14-6-9-18(29-21(22)23)19(10-14)28-2/h3-6,9-11,17,21H,7-8,12H2,1-2H3,(H,24,26). The number of nitrogens with zero attached hydrogens (tertiary/aromatic N) is 1. The van der Waals surface area contributed by atoms with Crippen LogP contribution in [-0.4, -0.2) is 36.5 Å². The molecule has 2 amide bonds. The molecule has 0 bridgehead atoms. The number of benzene rings is 2. The molecule has 0 radical (unpaired) electrons. The minimum absolute atomic E-state index is 0.0569. The van der Waals surface area contributed by atoms with Crippen LogP contribution in [0.3, 0.4) is 0 Å². The Morgan fingerprint density at radius 2 is 1.93 bits per heavy atom. The first-order chi connectivity index (χ1) is 13.9. The predicted molar refractivity (Wildman–Crippen MR) is 103 cm³/mol. The second-order valence-electron chi connectivity index (χ2n) is 6.79. The zero-order chi connectivity index (χ0) is 21.0. The SMILES string of the molecule is COc1cc(CN(C(=O)c2cccc(NC(C)=O)c2)C2CC2)ccc1OC(F)F. The van der Waals surface area contributed by atoms with Gasteiger partial charge in [-0.3, -0.25) is 9.59 Å². The van der Waals surface area contributed by atoms with Gasteiger partial charge in [0.1, 0.15) is 0 Å². The number of hydrogen-bond acceptors (Lipinski definition) is 4. The predicted octanol–water partition coefficient (Wildman–Crippen LogP) is 4.06. The van der Waals surface area contributed by atoms with E-state index in [0.29, 0.717) is 17.8 Å². The fourth-order valence-corrected chi connectivity index (χ4v) is 3.05. The van der Waals surface area contributed by atoms with Crippen LogP contribution in [0.25, 0.3) is 0 Å². The van der Waals surface area contributed by atoms with Crippen molar-refractivity contribution < 1.29 is 27.8 Å². The van der Waals surface area contributed by atoms with Gasteiger partial charge in [-0.2, -0.15) is 8.78 Å². The van der Waals surface area contributed by atoms with Crippen LogP contribution in [-0.2, 0) is 11.3 Å². The first-order valence-corrected chi connectivity index (χ1v) is 9.17. The molecule has 1 aliphatic carbocycles. The second kappa shape index (κ2) is 8.89. The molecular formula is C21H22F2N2O4. The molecule has 8 heteroatoms. The van der Waals surface area contributed by atoms with Crippen LogP contribution in [0.4, 0.5) is 14.5 Å². The molecule has 2 aromatic carbocycles. The Balaban J connectivity index is 1.80. The molecule has 0 atom stereocenters. The molecule has 29 heavy (non-hydrogen) atoms. The highest BCUT2D eigenvalue weighted by Crippen LogP contribution is 2.33. The van der Waals surface area contributed by atoms with Crippen molar-refractivity contribution in [1.82, 2.24) is 4.90 Å². The number of carbonyl (C=O) groups excluding carboxylic acids is 2. The van der Waals surface area contributed by atoms with Crippen molar-refractivity contribution in [1.29, 1.82) is 0 Å². The van der Waals surface area contributed by atoms with Gasteiger partial charge in [-0.25, -0.2) is 0 Å². The molecule has 0 aromatic heterocycles. The molecule has 0 heterocycles. The Labute approximate surface area is 167 Å². The van der Waals surface area contributed by atoms with Crippen molar-refractivity contribution in [3.8, 4) is 11.5 Å². The quantitative estimate of drug-likeness (QED) is 0.721. The molecule has 1 aliphatic rings. The summed E-state index contributed by atoms with van der Waals surface area (Å²) in [7, 11) is 1.37. The Morgan fingerprint density at radius 1 is 1.17 bits per heavy atom. The first-order valence-electron chi connectivity index (χ1n) is 9.17. The van der Waals surface area contributed by atoms with Gasteiger partial charge in [0, 0.05) is 30.8 Å². The lowest BCUT2D eigenvalue weighted by molar-refractivity contribution is -0.114. The number of halogens is 2. The highest BCUT2D eigenvalue weighted by Gasteiger charge is 2.33. The third-order valence-corrected chi connectivity index (χ3v) is 4.48. The number of ether oxygens (including phenoxy) is 2. The van der Waals surface area contributed by atoms with Crippen molar-refractivity contribution in [3.63, 3.8) is 0 Å². The van der Waals surface area contributed by atoms with Gasteiger partial charge in [-0.05, 0) is 48.7 Å². The number of methoxy groups -OCH3 is 1. The lowest BCUT2D eigenvalue weighted by atomic mass is 10.1. The molecule has 0 spiro atoms. The van der Waals surface area contributed by atoms with Crippen molar-refractivity contribution in [3.05, 3.63) is 53.6 Å². The van der Waals surface area contributed by atoms with E-state index in [2.05, 4.69) is 10.1 Å². The van der Waals surface area contributed by atoms with Crippen LogP contribution in [0.5, 0.6) is 11.5 Å². The summed E-state index contributed by atoms with van der Waals surface area (Å²) in [6, 6.07) is 11.5. The summed E-state index contributed by atoms with van der Waals surface area (Å²) in [4.78, 5) is 26.1. The third-order valence-electron chi connectivity index (χ3n) is 4.48. The minimum Gasteiger partial charge on any atom is -0.493 e. The van der Waals surface area contributed by atoms with Gasteiger partial charge < -0.3 is 19.7 Å². The second-order valence-corrected chi connectivity index (χ2v) is 6.79. The van der Waals surface area contributed by atoms with E-state index in [0.717, 1.165) is 18.4 Å². The lowest BCUT2D eigenvalue weighted by Gasteiger charge is -2.23. The number of rotatable bonds is 8. The summed E-state index contributed by atoms with van der Waals surface area (Å²) >= 11 is 0. The van der Waals surface area contributed by atoms with Gasteiger partial charge in [-0.1, -0.05) is 12.1 Å². The van der Waals surface area contributed by atoms with E-state index in [4.69, 9.17) is 4.74 Å². The minimum atomic E-state index is -2.95. The highest BCUT2D eigenvalue weighted by atomic mass is 19.3. The topological polar surface area (TPSA) is 67.9 Å². The molecule has 2 aromatic rings. The summed E-state index contributed by atoms with van der Waals surface area (Å²) in [6.45, 7) is -1.24. The number of amides is 2. The van der Waals surface area contributed by atoms with E-state index in [9.17, 15) is 18.4 Å². The van der Waals surface area contributed by atoms with Gasteiger partial charge >= 0.3 is 6.61 Å². The normalized spacial score (nSPS) is 13.1.